The largest absolute Gasteiger partial charge is 0.399 e. The molecule has 0 saturated heterocycles. The van der Waals surface area contributed by atoms with Gasteiger partial charge in [-0.15, -0.1) is 0 Å². The minimum atomic E-state index is 0.1000. The van der Waals surface area contributed by atoms with Crippen LogP contribution in [0.5, 0.6) is 0 Å². The van der Waals surface area contributed by atoms with Gasteiger partial charge in [-0.1, -0.05) is 71.9 Å². The molecule has 0 amide bonds. The highest BCUT2D eigenvalue weighted by atomic mass is 32.2. The van der Waals surface area contributed by atoms with Crippen molar-refractivity contribution in [2.75, 3.05) is 5.73 Å². The van der Waals surface area contributed by atoms with E-state index in [0.717, 1.165) is 28.7 Å². The molecule has 0 saturated carbocycles. The summed E-state index contributed by atoms with van der Waals surface area (Å²) in [5, 5.41) is 8.54. The number of nitrogens with two attached hydrogens (primary N) is 1. The maximum Gasteiger partial charge on any atom is 0.0320 e. The summed E-state index contributed by atoms with van der Waals surface area (Å²) in [6.45, 7) is 14.0. The Morgan fingerprint density at radius 3 is 1.38 bits per heavy atom. The second kappa shape index (κ2) is 8.85. The summed E-state index contributed by atoms with van der Waals surface area (Å²) in [7, 11) is 0. The Bertz CT molecular complexity index is 1530. The van der Waals surface area contributed by atoms with E-state index < -0.39 is 0 Å². The molecule has 37 heavy (non-hydrogen) atoms. The molecule has 5 aromatic carbocycles. The van der Waals surface area contributed by atoms with Gasteiger partial charge in [-0.05, 0) is 101 Å². The molecule has 3 aliphatic heterocycles. The van der Waals surface area contributed by atoms with Crippen molar-refractivity contribution in [3.05, 3.63) is 88.0 Å². The van der Waals surface area contributed by atoms with Crippen LogP contribution in [0.15, 0.2) is 54.6 Å². The molecule has 3 heterocycles. The van der Waals surface area contributed by atoms with E-state index in [0.29, 0.717) is 0 Å². The van der Waals surface area contributed by atoms with Crippen LogP contribution in [0.2, 0.25) is 0 Å². The van der Waals surface area contributed by atoms with Crippen LogP contribution in [-0.2, 0) is 33.8 Å². The summed E-state index contributed by atoms with van der Waals surface area (Å²) in [5.41, 5.74) is 15.8. The van der Waals surface area contributed by atoms with Gasteiger partial charge in [0.15, 0.2) is 0 Å². The third-order valence-corrected chi connectivity index (χ3v) is 9.90. The Morgan fingerprint density at radius 2 is 0.973 bits per heavy atom. The summed E-state index contributed by atoms with van der Waals surface area (Å²) in [4.78, 5) is 0. The fraction of sp³-hybridized carbons (Fsp3) is 0.353. The smallest absolute Gasteiger partial charge is 0.0320 e. The van der Waals surface area contributed by atoms with E-state index in [-0.39, 0.29) is 10.8 Å². The maximum atomic E-state index is 6.32. The van der Waals surface area contributed by atoms with E-state index in [9.17, 15) is 0 Å². The second-order valence-corrected chi connectivity index (χ2v) is 14.9. The summed E-state index contributed by atoms with van der Waals surface area (Å²) in [6.07, 6.45) is 0. The average molecular weight is 524 g/mol. The van der Waals surface area contributed by atoms with Crippen molar-refractivity contribution in [3.8, 4) is 0 Å². The molecule has 0 radical (unpaired) electrons. The molecule has 0 unspecified atom stereocenters. The first kappa shape index (κ1) is 24.9. The molecular weight excluding hydrogens is 487 g/mol. The molecule has 0 atom stereocenters. The Morgan fingerprint density at radius 1 is 0.541 bits per heavy atom. The van der Waals surface area contributed by atoms with E-state index in [1.165, 1.54) is 65.7 Å². The number of nitrogen functional groups attached to an aromatic ring is 1. The zero-order valence-corrected chi connectivity index (χ0v) is 24.6. The van der Waals surface area contributed by atoms with Crippen molar-refractivity contribution in [1.82, 2.24) is 0 Å². The minimum Gasteiger partial charge on any atom is -0.399 e. The quantitative estimate of drug-likeness (QED) is 0.161. The van der Waals surface area contributed by atoms with E-state index in [1.54, 1.807) is 0 Å². The van der Waals surface area contributed by atoms with Crippen molar-refractivity contribution in [2.45, 2.75) is 75.4 Å². The lowest BCUT2D eigenvalue weighted by Gasteiger charge is -2.26. The summed E-state index contributed by atoms with van der Waals surface area (Å²) in [6, 6.07) is 21.6. The zero-order valence-electron chi connectivity index (χ0n) is 22.9. The first-order valence-corrected chi connectivity index (χ1v) is 15.6. The molecule has 190 valence electrons. The molecular formula is C34H37NS2. The van der Waals surface area contributed by atoms with Gasteiger partial charge in [-0.2, -0.15) is 23.5 Å². The number of thioether (sulfide) groups is 2. The average Bonchev–Trinajstić information content (AvgIpc) is 2.81. The molecule has 0 fully saturated rings. The van der Waals surface area contributed by atoms with Gasteiger partial charge in [0.2, 0.25) is 0 Å². The number of anilines is 1. The molecule has 1 nitrogen and oxygen atoms in total. The number of rotatable bonds is 0. The lowest BCUT2D eigenvalue weighted by molar-refractivity contribution is 0.591. The van der Waals surface area contributed by atoms with Crippen LogP contribution in [0.1, 0.15) is 74.9 Å². The van der Waals surface area contributed by atoms with E-state index in [1.807, 2.05) is 23.5 Å². The molecule has 8 rings (SSSR count). The lowest BCUT2D eigenvalue weighted by Crippen LogP contribution is -2.12. The van der Waals surface area contributed by atoms with Gasteiger partial charge in [0.1, 0.15) is 0 Å². The Hall–Kier alpha value is -2.36. The standard InChI is InChI=1S/C34H37NS2/c1-33(2,3)26-12-22-10-25-19-37-17-21-7-20(8-28(35)9-21)16-36-18-24-11-23-13-27(34(4,5)6)15-30(25)32(23)31(22)29(24)14-26/h7-15H,16-19,35H2,1-6H3. The van der Waals surface area contributed by atoms with Crippen LogP contribution >= 0.6 is 23.5 Å². The van der Waals surface area contributed by atoms with Crippen molar-refractivity contribution in [2.24, 2.45) is 0 Å². The van der Waals surface area contributed by atoms with Gasteiger partial charge >= 0.3 is 0 Å². The van der Waals surface area contributed by atoms with Crippen LogP contribution in [0.4, 0.5) is 5.69 Å². The highest BCUT2D eigenvalue weighted by Crippen LogP contribution is 2.44. The number of benzene rings is 5. The topological polar surface area (TPSA) is 26.0 Å². The van der Waals surface area contributed by atoms with E-state index in [4.69, 9.17) is 5.73 Å². The van der Waals surface area contributed by atoms with Crippen LogP contribution in [0.3, 0.4) is 0 Å². The third-order valence-electron chi connectivity index (χ3n) is 7.80. The fourth-order valence-corrected chi connectivity index (χ4v) is 7.70. The zero-order chi connectivity index (χ0) is 26.1. The first-order valence-electron chi connectivity index (χ1n) is 13.3. The number of hydrogen-bond acceptors (Lipinski definition) is 3. The molecule has 0 spiro atoms. The molecule has 3 heteroatoms. The summed E-state index contributed by atoms with van der Waals surface area (Å²) >= 11 is 4.00. The fourth-order valence-electron chi connectivity index (χ4n) is 5.77. The van der Waals surface area contributed by atoms with Crippen molar-refractivity contribution in [1.29, 1.82) is 0 Å². The molecule has 2 N–H and O–H groups in total. The van der Waals surface area contributed by atoms with Gasteiger partial charge in [-0.3, -0.25) is 0 Å². The van der Waals surface area contributed by atoms with Crippen molar-refractivity contribution < 1.29 is 0 Å². The molecule has 0 aliphatic carbocycles. The second-order valence-electron chi connectivity index (χ2n) is 12.9. The first-order chi connectivity index (χ1) is 17.5. The maximum absolute atomic E-state index is 6.32. The molecule has 3 aliphatic rings. The minimum absolute atomic E-state index is 0.1000. The SMILES string of the molecule is CC(C)(C)c1cc2cc3c4cc(C(C)(C)C)cc5cc(c(c1)c2c54)CSCc1cc(N)cc(c1)CSC3. The number of hydrogen-bond donors (Lipinski definition) is 1. The van der Waals surface area contributed by atoms with Crippen molar-refractivity contribution >= 4 is 61.5 Å². The van der Waals surface area contributed by atoms with Gasteiger partial charge in [0.25, 0.3) is 0 Å². The summed E-state index contributed by atoms with van der Waals surface area (Å²) < 4.78 is 0. The predicted octanol–water partition coefficient (Wildman–Crippen LogP) is 9.94. The third kappa shape index (κ3) is 4.59. The molecule has 5 aromatic rings. The Kier molecular flexibility index (Phi) is 5.97. The van der Waals surface area contributed by atoms with Gasteiger partial charge < -0.3 is 5.73 Å². The lowest BCUT2D eigenvalue weighted by atomic mass is 9.79. The van der Waals surface area contributed by atoms with E-state index in [2.05, 4.69) is 96.1 Å². The van der Waals surface area contributed by atoms with Crippen LogP contribution in [0.25, 0.3) is 32.3 Å². The Balaban J connectivity index is 1.69. The molecule has 0 aromatic heterocycles. The van der Waals surface area contributed by atoms with Gasteiger partial charge in [-0.25, -0.2) is 0 Å². The highest BCUT2D eigenvalue weighted by molar-refractivity contribution is 7.98. The van der Waals surface area contributed by atoms with Gasteiger partial charge in [0.05, 0.1) is 0 Å². The highest BCUT2D eigenvalue weighted by Gasteiger charge is 2.23. The van der Waals surface area contributed by atoms with E-state index >= 15 is 0 Å². The van der Waals surface area contributed by atoms with Gasteiger partial charge in [0, 0.05) is 28.7 Å². The van der Waals surface area contributed by atoms with Crippen molar-refractivity contribution in [3.63, 3.8) is 0 Å². The Labute approximate surface area is 229 Å². The molecule has 10 bridgehead atoms. The summed E-state index contributed by atoms with van der Waals surface area (Å²) in [5.74, 6) is 3.93. The van der Waals surface area contributed by atoms with Crippen LogP contribution in [-0.4, -0.2) is 0 Å². The normalized spacial score (nSPS) is 15.3. The predicted molar refractivity (Wildman–Crippen MR) is 168 cm³/mol. The van der Waals surface area contributed by atoms with Crippen LogP contribution in [0, 0.1) is 0 Å². The monoisotopic (exact) mass is 523 g/mol. The van der Waals surface area contributed by atoms with Crippen LogP contribution < -0.4 is 5.73 Å².